The van der Waals surface area contributed by atoms with Gasteiger partial charge in [0.15, 0.2) is 5.82 Å². The summed E-state index contributed by atoms with van der Waals surface area (Å²) in [5, 5.41) is 13.6. The highest BCUT2D eigenvalue weighted by molar-refractivity contribution is 5.96. The summed E-state index contributed by atoms with van der Waals surface area (Å²) in [6.45, 7) is 7.18. The molecule has 1 amide bonds. The smallest absolute Gasteiger partial charge is 0.257 e. The molecule has 7 nitrogen and oxygen atoms in total. The summed E-state index contributed by atoms with van der Waals surface area (Å²) in [6.07, 6.45) is 7.64. The molecular weight excluding hydrogens is 500 g/mol. The fraction of sp³-hybridized carbons (Fsp3) is 0.515. The summed E-state index contributed by atoms with van der Waals surface area (Å²) in [5.74, 6) is 1.48. The summed E-state index contributed by atoms with van der Waals surface area (Å²) in [4.78, 5) is 20.3. The van der Waals surface area contributed by atoms with Crippen LogP contribution in [0, 0.1) is 22.7 Å². The average Bonchev–Trinajstić information content (AvgIpc) is 3.46. The molecule has 0 radical (unpaired) electrons. The predicted molar refractivity (Wildman–Crippen MR) is 152 cm³/mol. The largest absolute Gasteiger partial charge is 0.370 e. The minimum atomic E-state index is -0.513. The van der Waals surface area contributed by atoms with Gasteiger partial charge in [-0.25, -0.2) is 0 Å². The van der Waals surface area contributed by atoms with Crippen LogP contribution in [0.1, 0.15) is 82.7 Å². The number of amides is 1. The van der Waals surface area contributed by atoms with Crippen LogP contribution < -0.4 is 4.90 Å². The Hall–Kier alpha value is -3.50. The van der Waals surface area contributed by atoms with Gasteiger partial charge < -0.3 is 14.2 Å². The molecule has 0 unspecified atom stereocenters. The summed E-state index contributed by atoms with van der Waals surface area (Å²) in [7, 11) is 0. The van der Waals surface area contributed by atoms with Crippen molar-refractivity contribution in [3.63, 3.8) is 0 Å². The van der Waals surface area contributed by atoms with Gasteiger partial charge in [0.1, 0.15) is 0 Å². The summed E-state index contributed by atoms with van der Waals surface area (Å²) in [5.41, 5.74) is 3.07. The molecule has 7 heteroatoms. The highest BCUT2D eigenvalue weighted by Crippen LogP contribution is 2.54. The van der Waals surface area contributed by atoms with Gasteiger partial charge in [-0.2, -0.15) is 10.2 Å². The SMILES string of the molecule is CCc1noc(-c2cccc(N(CC34CCC(c5ccc(C(C)(C)C#N)cc5)(CC3)OC4)C(=O)C3CCC3)c2)n1. The van der Waals surface area contributed by atoms with Gasteiger partial charge in [-0.3, -0.25) is 4.79 Å². The Bertz CT molecular complexity index is 1410. The minimum absolute atomic E-state index is 0.0697. The van der Waals surface area contributed by atoms with Gasteiger partial charge >= 0.3 is 0 Å². The first-order chi connectivity index (χ1) is 19.3. The highest BCUT2D eigenvalue weighted by Gasteiger charge is 2.52. The molecule has 2 saturated heterocycles. The van der Waals surface area contributed by atoms with Crippen LogP contribution in [0.2, 0.25) is 0 Å². The first-order valence-corrected chi connectivity index (χ1v) is 14.7. The number of anilines is 1. The second-order valence-electron chi connectivity index (χ2n) is 12.6. The van der Waals surface area contributed by atoms with E-state index in [0.29, 0.717) is 31.3 Å². The average molecular weight is 539 g/mol. The minimum Gasteiger partial charge on any atom is -0.370 e. The third kappa shape index (κ3) is 4.73. The molecule has 2 aromatic carbocycles. The lowest BCUT2D eigenvalue weighted by atomic mass is 9.63. The Labute approximate surface area is 236 Å². The number of carbonyl (C=O) groups excluding carboxylic acids is 1. The van der Waals surface area contributed by atoms with E-state index in [9.17, 15) is 10.1 Å². The van der Waals surface area contributed by atoms with Crippen molar-refractivity contribution in [2.75, 3.05) is 18.1 Å². The molecule has 2 bridgehead atoms. The number of ether oxygens (including phenoxy) is 1. The quantitative estimate of drug-likeness (QED) is 0.316. The second kappa shape index (κ2) is 10.2. The number of rotatable bonds is 8. The Morgan fingerprint density at radius 1 is 1.12 bits per heavy atom. The molecular formula is C33H38N4O3. The fourth-order valence-corrected chi connectivity index (χ4v) is 6.42. The van der Waals surface area contributed by atoms with Gasteiger partial charge in [-0.1, -0.05) is 48.8 Å². The molecule has 0 spiro atoms. The molecule has 3 aromatic rings. The lowest BCUT2D eigenvalue weighted by Crippen LogP contribution is -2.55. The normalized spacial score (nSPS) is 24.4. The van der Waals surface area contributed by atoms with Crippen LogP contribution in [0.15, 0.2) is 53.1 Å². The third-order valence-corrected chi connectivity index (χ3v) is 9.59. The first kappa shape index (κ1) is 26.7. The van der Waals surface area contributed by atoms with Crippen LogP contribution in [-0.4, -0.2) is 29.2 Å². The molecule has 4 fully saturated rings. The van der Waals surface area contributed by atoms with Crippen LogP contribution in [-0.2, 0) is 27.0 Å². The molecule has 0 atom stereocenters. The van der Waals surface area contributed by atoms with Crippen LogP contribution in [0.3, 0.4) is 0 Å². The number of benzene rings is 2. The Balaban J connectivity index is 1.23. The van der Waals surface area contributed by atoms with E-state index in [4.69, 9.17) is 9.26 Å². The number of aryl methyl sites for hydroxylation is 1. The summed E-state index contributed by atoms with van der Waals surface area (Å²) in [6, 6.07) is 18.8. The molecule has 7 rings (SSSR count). The lowest BCUT2D eigenvalue weighted by molar-refractivity contribution is -0.186. The highest BCUT2D eigenvalue weighted by atomic mass is 16.5. The van der Waals surface area contributed by atoms with Gasteiger partial charge in [-0.05, 0) is 81.7 Å². The Morgan fingerprint density at radius 2 is 1.88 bits per heavy atom. The van der Waals surface area contributed by atoms with E-state index in [1.165, 1.54) is 5.56 Å². The standard InChI is InChI=1S/C33H38N4O3/c1-4-28-35-29(40-36-28)24-9-6-10-27(19-24)37(30(38)23-7-5-8-23)21-32-15-17-33(18-16-32,39-22-32)26-13-11-25(12-14-26)31(2,3)20-34/h6,9-14,19,23H,4-5,7-8,15-18,21-22H2,1-3H3. The molecule has 0 N–H and O–H groups in total. The molecule has 2 saturated carbocycles. The maximum Gasteiger partial charge on any atom is 0.257 e. The zero-order chi connectivity index (χ0) is 28.0. The van der Waals surface area contributed by atoms with Crippen LogP contribution >= 0.6 is 0 Å². The number of carbonyl (C=O) groups is 1. The summed E-state index contributed by atoms with van der Waals surface area (Å²) >= 11 is 0. The zero-order valence-corrected chi connectivity index (χ0v) is 23.8. The molecule has 40 heavy (non-hydrogen) atoms. The number of nitrogens with zero attached hydrogens (tertiary/aromatic N) is 4. The van der Waals surface area contributed by atoms with Crippen LogP contribution in [0.4, 0.5) is 5.69 Å². The van der Waals surface area contributed by atoms with E-state index in [0.717, 1.165) is 61.8 Å². The van der Waals surface area contributed by atoms with Gasteiger partial charge in [0, 0.05) is 35.5 Å². The van der Waals surface area contributed by atoms with E-state index < -0.39 is 5.41 Å². The Kier molecular flexibility index (Phi) is 6.78. The van der Waals surface area contributed by atoms with E-state index >= 15 is 0 Å². The van der Waals surface area contributed by atoms with Crippen molar-refractivity contribution in [1.29, 1.82) is 5.26 Å². The van der Waals surface area contributed by atoms with E-state index in [1.807, 2.05) is 49.9 Å². The van der Waals surface area contributed by atoms with Gasteiger partial charge in [0.25, 0.3) is 5.89 Å². The topological polar surface area (TPSA) is 92.3 Å². The van der Waals surface area contributed by atoms with Gasteiger partial charge in [0.2, 0.25) is 5.91 Å². The molecule has 1 aromatic heterocycles. The van der Waals surface area contributed by atoms with Crippen molar-refractivity contribution in [1.82, 2.24) is 10.1 Å². The summed E-state index contributed by atoms with van der Waals surface area (Å²) < 4.78 is 12.2. The molecule has 3 heterocycles. The molecule has 2 aliphatic carbocycles. The maximum absolute atomic E-state index is 13.8. The van der Waals surface area contributed by atoms with Crippen LogP contribution in [0.25, 0.3) is 11.5 Å². The van der Waals surface area contributed by atoms with Crippen molar-refractivity contribution in [2.45, 2.75) is 83.2 Å². The molecule has 2 aliphatic heterocycles. The number of aromatic nitrogens is 2. The Morgan fingerprint density at radius 3 is 2.45 bits per heavy atom. The number of hydrogen-bond donors (Lipinski definition) is 0. The van der Waals surface area contributed by atoms with Crippen molar-refractivity contribution in [3.05, 3.63) is 65.5 Å². The van der Waals surface area contributed by atoms with Crippen molar-refractivity contribution in [2.24, 2.45) is 11.3 Å². The van der Waals surface area contributed by atoms with Crippen molar-refractivity contribution < 1.29 is 14.1 Å². The van der Waals surface area contributed by atoms with Crippen LogP contribution in [0.5, 0.6) is 0 Å². The second-order valence-corrected chi connectivity index (χ2v) is 12.6. The van der Waals surface area contributed by atoms with Crippen molar-refractivity contribution >= 4 is 11.6 Å². The van der Waals surface area contributed by atoms with Gasteiger partial charge in [-0.15, -0.1) is 0 Å². The third-order valence-electron chi connectivity index (χ3n) is 9.59. The van der Waals surface area contributed by atoms with E-state index in [-0.39, 0.29) is 22.8 Å². The van der Waals surface area contributed by atoms with Crippen molar-refractivity contribution in [3.8, 4) is 17.5 Å². The maximum atomic E-state index is 13.8. The first-order valence-electron chi connectivity index (χ1n) is 14.7. The monoisotopic (exact) mass is 538 g/mol. The lowest BCUT2D eigenvalue weighted by Gasteiger charge is -2.54. The number of hydrogen-bond acceptors (Lipinski definition) is 6. The zero-order valence-electron chi connectivity index (χ0n) is 23.8. The van der Waals surface area contributed by atoms with E-state index in [2.05, 4.69) is 40.5 Å². The predicted octanol–water partition coefficient (Wildman–Crippen LogP) is 6.72. The molecule has 4 aliphatic rings. The number of fused-ring (bicyclic) bond motifs is 3. The van der Waals surface area contributed by atoms with E-state index in [1.54, 1.807) is 0 Å². The fourth-order valence-electron chi connectivity index (χ4n) is 6.42. The van der Waals surface area contributed by atoms with Gasteiger partial charge in [0.05, 0.1) is 23.7 Å². The molecule has 208 valence electrons. The number of nitriles is 1.